The van der Waals surface area contributed by atoms with Gasteiger partial charge in [0.1, 0.15) is 0 Å². The molecule has 0 aliphatic carbocycles. The first-order valence-corrected chi connectivity index (χ1v) is 9.17. The van der Waals surface area contributed by atoms with Crippen molar-refractivity contribution in [3.63, 3.8) is 0 Å². The number of anilines is 2. The second kappa shape index (κ2) is 8.05. The van der Waals surface area contributed by atoms with Crippen LogP contribution in [0.15, 0.2) is 40.7 Å². The van der Waals surface area contributed by atoms with Gasteiger partial charge in [0, 0.05) is 23.4 Å². The van der Waals surface area contributed by atoms with E-state index >= 15 is 0 Å². The summed E-state index contributed by atoms with van der Waals surface area (Å²) >= 11 is 1.24. The third-order valence-corrected chi connectivity index (χ3v) is 4.83. The molecule has 2 N–H and O–H groups in total. The maximum absolute atomic E-state index is 12.2. The van der Waals surface area contributed by atoms with Crippen LogP contribution in [0.3, 0.4) is 0 Å². The summed E-state index contributed by atoms with van der Waals surface area (Å²) in [5.74, 6) is -1.50. The number of hydrogen-bond acceptors (Lipinski definition) is 5. The third kappa shape index (κ3) is 4.95. The lowest BCUT2D eigenvalue weighted by molar-refractivity contribution is -0.117. The molecule has 0 radical (unpaired) electrons. The molecule has 8 heteroatoms. The number of nitrogens with one attached hydrogen (secondary N) is 2. The van der Waals surface area contributed by atoms with E-state index in [0.29, 0.717) is 10.8 Å². The lowest BCUT2D eigenvalue weighted by Crippen LogP contribution is -2.24. The molecule has 0 fully saturated rings. The van der Waals surface area contributed by atoms with Crippen molar-refractivity contribution in [2.24, 2.45) is 10.9 Å². The van der Waals surface area contributed by atoms with Crippen molar-refractivity contribution < 1.29 is 14.4 Å². The Morgan fingerprint density at radius 3 is 2.70 bits per heavy atom. The lowest BCUT2D eigenvalue weighted by Gasteiger charge is -2.08. The van der Waals surface area contributed by atoms with E-state index in [-0.39, 0.29) is 24.1 Å². The number of carbonyl (C=O) groups excluding carboxylic acids is 3. The molecule has 3 amide bonds. The van der Waals surface area contributed by atoms with Crippen LogP contribution in [0.1, 0.15) is 16.8 Å². The first-order valence-electron chi connectivity index (χ1n) is 8.29. The Morgan fingerprint density at radius 2 is 2.00 bits per heavy atom. The number of aliphatic imine (C=N–C) groups is 1. The van der Waals surface area contributed by atoms with Gasteiger partial charge < -0.3 is 10.6 Å². The Kier molecular flexibility index (Phi) is 5.56. The normalized spacial score (nSPS) is 15.6. The van der Waals surface area contributed by atoms with Crippen molar-refractivity contribution in [1.29, 1.82) is 0 Å². The van der Waals surface area contributed by atoms with Gasteiger partial charge in [-0.1, -0.05) is 12.1 Å². The van der Waals surface area contributed by atoms with Crippen LogP contribution in [0.4, 0.5) is 10.8 Å². The lowest BCUT2D eigenvalue weighted by atomic mass is 10.1. The highest BCUT2D eigenvalue weighted by Crippen LogP contribution is 2.18. The first kappa shape index (κ1) is 18.7. The Morgan fingerprint density at radius 1 is 1.19 bits per heavy atom. The van der Waals surface area contributed by atoms with Crippen LogP contribution in [0.5, 0.6) is 0 Å². The second-order valence-electron chi connectivity index (χ2n) is 6.16. The van der Waals surface area contributed by atoms with E-state index in [4.69, 9.17) is 0 Å². The molecule has 1 aromatic heterocycles. The third-order valence-electron chi connectivity index (χ3n) is 4.03. The molecule has 3 rings (SSSR count). The summed E-state index contributed by atoms with van der Waals surface area (Å²) in [6, 6.07) is 5.73. The van der Waals surface area contributed by atoms with E-state index in [0.717, 1.165) is 16.8 Å². The van der Waals surface area contributed by atoms with Gasteiger partial charge in [-0.15, -0.1) is 11.3 Å². The van der Waals surface area contributed by atoms with Gasteiger partial charge in [0.2, 0.25) is 11.8 Å². The number of amides is 3. The second-order valence-corrected chi connectivity index (χ2v) is 7.02. The number of aromatic nitrogens is 1. The minimum absolute atomic E-state index is 0.110. The molecular formula is C19H18N4O3S. The van der Waals surface area contributed by atoms with Gasteiger partial charge in [-0.3, -0.25) is 14.4 Å². The largest absolute Gasteiger partial charge is 0.326 e. The quantitative estimate of drug-likeness (QED) is 0.830. The van der Waals surface area contributed by atoms with Crippen LogP contribution in [-0.2, 0) is 20.8 Å². The Labute approximate surface area is 160 Å². The highest BCUT2D eigenvalue weighted by atomic mass is 32.1. The van der Waals surface area contributed by atoms with E-state index in [2.05, 4.69) is 20.6 Å². The summed E-state index contributed by atoms with van der Waals surface area (Å²) in [6.45, 7) is 4.00. The van der Waals surface area contributed by atoms with Crippen LogP contribution < -0.4 is 10.6 Å². The zero-order chi connectivity index (χ0) is 19.4. The van der Waals surface area contributed by atoms with Crippen LogP contribution in [0.25, 0.3) is 0 Å². The summed E-state index contributed by atoms with van der Waals surface area (Å²) in [5, 5.41) is 7.63. The van der Waals surface area contributed by atoms with Crippen molar-refractivity contribution in [1.82, 2.24) is 4.98 Å². The molecule has 27 heavy (non-hydrogen) atoms. The van der Waals surface area contributed by atoms with E-state index in [1.165, 1.54) is 29.7 Å². The van der Waals surface area contributed by atoms with Crippen LogP contribution in [-0.4, -0.2) is 28.9 Å². The van der Waals surface area contributed by atoms with Gasteiger partial charge in [0.25, 0.3) is 5.91 Å². The zero-order valence-electron chi connectivity index (χ0n) is 14.9. The highest BCUT2D eigenvalue weighted by Gasteiger charge is 2.18. The summed E-state index contributed by atoms with van der Waals surface area (Å²) < 4.78 is 0. The molecule has 0 spiro atoms. The molecule has 1 unspecified atom stereocenters. The van der Waals surface area contributed by atoms with Gasteiger partial charge >= 0.3 is 0 Å². The van der Waals surface area contributed by atoms with E-state index in [9.17, 15) is 14.4 Å². The smallest absolute Gasteiger partial charge is 0.269 e. The number of aryl methyl sites for hydroxylation is 2. The molecule has 0 saturated heterocycles. The molecule has 2 heterocycles. The molecule has 0 bridgehead atoms. The predicted molar refractivity (Wildman–Crippen MR) is 105 cm³/mol. The molecular weight excluding hydrogens is 364 g/mol. The van der Waals surface area contributed by atoms with Crippen LogP contribution in [0.2, 0.25) is 0 Å². The van der Waals surface area contributed by atoms with Crippen molar-refractivity contribution in [3.8, 4) is 0 Å². The maximum atomic E-state index is 12.2. The SMILES string of the molecule is Cc1ccc(NC(=O)Cc2csc(NC(=O)C3C=CC(=O)N=C3)n2)cc1C. The number of rotatable bonds is 5. The van der Waals surface area contributed by atoms with Gasteiger partial charge in [-0.25, -0.2) is 9.98 Å². The van der Waals surface area contributed by atoms with Gasteiger partial charge in [0.15, 0.2) is 5.13 Å². The van der Waals surface area contributed by atoms with E-state index < -0.39 is 5.92 Å². The van der Waals surface area contributed by atoms with Crippen molar-refractivity contribution >= 4 is 46.1 Å². The molecule has 2 aromatic rings. The average molecular weight is 382 g/mol. The minimum atomic E-state index is -0.608. The van der Waals surface area contributed by atoms with E-state index in [1.807, 2.05) is 32.0 Å². The number of hydrogen-bond donors (Lipinski definition) is 2. The topological polar surface area (TPSA) is 101 Å². The molecule has 0 saturated carbocycles. The van der Waals surface area contributed by atoms with Gasteiger partial charge in [0.05, 0.1) is 18.0 Å². The Balaban J connectivity index is 1.55. The highest BCUT2D eigenvalue weighted by molar-refractivity contribution is 7.14. The summed E-state index contributed by atoms with van der Waals surface area (Å²) in [5.41, 5.74) is 3.58. The maximum Gasteiger partial charge on any atom is 0.269 e. The molecule has 138 valence electrons. The number of carbonyl (C=O) groups is 3. The molecule has 1 aromatic carbocycles. The molecule has 1 atom stereocenters. The number of dihydropyridines is 1. The standard InChI is InChI=1S/C19H18N4O3S/c1-11-3-5-14(7-12(11)2)21-17(25)8-15-10-27-19(22-15)23-18(26)13-4-6-16(24)20-9-13/h3-7,9-10,13H,8H2,1-2H3,(H,21,25)(H,22,23,26). The summed E-state index contributed by atoms with van der Waals surface area (Å²) in [6.07, 6.45) is 4.15. The van der Waals surface area contributed by atoms with Gasteiger partial charge in [-0.2, -0.15) is 0 Å². The van der Waals surface area contributed by atoms with Crippen LogP contribution in [0, 0.1) is 19.8 Å². The van der Waals surface area contributed by atoms with Crippen molar-refractivity contribution in [3.05, 3.63) is 52.6 Å². The average Bonchev–Trinajstić information content (AvgIpc) is 3.05. The number of nitrogens with zero attached hydrogens (tertiary/aromatic N) is 2. The van der Waals surface area contributed by atoms with Gasteiger partial charge in [-0.05, 0) is 37.1 Å². The number of thiazole rings is 1. The first-order chi connectivity index (χ1) is 12.9. The van der Waals surface area contributed by atoms with E-state index in [1.54, 1.807) is 5.38 Å². The molecule has 1 aliphatic heterocycles. The molecule has 1 aliphatic rings. The Bertz CT molecular complexity index is 946. The molecule has 7 nitrogen and oxygen atoms in total. The minimum Gasteiger partial charge on any atom is -0.326 e. The fourth-order valence-corrected chi connectivity index (χ4v) is 3.12. The van der Waals surface area contributed by atoms with Crippen LogP contribution >= 0.6 is 11.3 Å². The zero-order valence-corrected chi connectivity index (χ0v) is 15.7. The fraction of sp³-hybridized carbons (Fsp3) is 0.211. The van der Waals surface area contributed by atoms with Crippen molar-refractivity contribution in [2.45, 2.75) is 20.3 Å². The summed E-state index contributed by atoms with van der Waals surface area (Å²) in [4.78, 5) is 43.2. The van der Waals surface area contributed by atoms with Crippen molar-refractivity contribution in [2.75, 3.05) is 10.6 Å². The monoisotopic (exact) mass is 382 g/mol. The fourth-order valence-electron chi connectivity index (χ4n) is 2.41. The predicted octanol–water partition coefficient (Wildman–Crippen LogP) is 2.66. The Hall–Kier alpha value is -3.13. The summed E-state index contributed by atoms with van der Waals surface area (Å²) in [7, 11) is 0. The number of benzene rings is 1.